The van der Waals surface area contributed by atoms with Crippen LogP contribution in [0.3, 0.4) is 0 Å². The minimum Gasteiger partial charge on any atom is -0.481 e. The highest BCUT2D eigenvalue weighted by atomic mass is 19.4. The zero-order chi connectivity index (χ0) is 20.4. The summed E-state index contributed by atoms with van der Waals surface area (Å²) in [7, 11) is 0. The van der Waals surface area contributed by atoms with Crippen molar-refractivity contribution in [2.75, 3.05) is 18.4 Å². The number of carbonyl (C=O) groups is 2. The van der Waals surface area contributed by atoms with Gasteiger partial charge in [0.25, 0.3) is 0 Å². The number of aliphatic carboxylic acids is 1. The molecule has 2 atom stereocenters. The quantitative estimate of drug-likeness (QED) is 0.817. The van der Waals surface area contributed by atoms with Crippen molar-refractivity contribution in [3.8, 4) is 0 Å². The van der Waals surface area contributed by atoms with Gasteiger partial charge < -0.3 is 20.1 Å². The predicted octanol–water partition coefficient (Wildman–Crippen LogP) is 2.62. The molecule has 150 valence electrons. The van der Waals surface area contributed by atoms with Gasteiger partial charge in [0.05, 0.1) is 11.5 Å². The number of nitrogens with one attached hydrogen (secondary N) is 1. The highest BCUT2D eigenvalue weighted by molar-refractivity contribution is 5.73. The summed E-state index contributed by atoms with van der Waals surface area (Å²) in [5.41, 5.74) is -1.73. The van der Waals surface area contributed by atoms with Crippen LogP contribution < -0.4 is 5.32 Å². The molecule has 1 aliphatic rings. The number of hydrogen-bond acceptors (Lipinski definition) is 6. The molecule has 1 fully saturated rings. The van der Waals surface area contributed by atoms with Gasteiger partial charge in [-0.1, -0.05) is 0 Å². The number of nitrogens with zero attached hydrogens (tertiary/aromatic N) is 3. The third-order valence-electron chi connectivity index (χ3n) is 3.76. The zero-order valence-electron chi connectivity index (χ0n) is 15.1. The molecule has 8 nitrogen and oxygen atoms in total. The van der Waals surface area contributed by atoms with Crippen LogP contribution in [0.5, 0.6) is 0 Å². The van der Waals surface area contributed by atoms with Gasteiger partial charge in [0.15, 0.2) is 0 Å². The molecule has 0 unspecified atom stereocenters. The molecule has 1 saturated heterocycles. The molecule has 1 aliphatic heterocycles. The van der Waals surface area contributed by atoms with E-state index in [1.54, 1.807) is 20.8 Å². The minimum atomic E-state index is -4.55. The molecule has 0 spiro atoms. The predicted molar refractivity (Wildman–Crippen MR) is 88.0 cm³/mol. The average molecular weight is 390 g/mol. The molecule has 1 aromatic heterocycles. The van der Waals surface area contributed by atoms with E-state index in [1.165, 1.54) is 4.90 Å². The van der Waals surface area contributed by atoms with Crippen molar-refractivity contribution in [3.05, 3.63) is 18.0 Å². The summed E-state index contributed by atoms with van der Waals surface area (Å²) >= 11 is 0. The number of anilines is 1. The molecule has 11 heteroatoms. The maximum absolute atomic E-state index is 12.6. The summed E-state index contributed by atoms with van der Waals surface area (Å²) in [6.45, 7) is 5.17. The van der Waals surface area contributed by atoms with Gasteiger partial charge in [-0.25, -0.2) is 14.8 Å². The van der Waals surface area contributed by atoms with Gasteiger partial charge in [0, 0.05) is 31.5 Å². The van der Waals surface area contributed by atoms with Crippen LogP contribution in [0.25, 0.3) is 0 Å². The standard InChI is InChI=1S/C16H21F3N4O4/c1-15(2,3)27-14(26)23-7-9(12(24)25)4-11(8-23)22-13-20-5-10(6-21-13)16(17,18)19/h5-6,9,11H,4,7-8H2,1-3H3,(H,24,25)(H,20,21,22)/t9-,11+/m1/s1. The van der Waals surface area contributed by atoms with Crippen molar-refractivity contribution in [2.45, 2.75) is 45.0 Å². The van der Waals surface area contributed by atoms with Crippen molar-refractivity contribution >= 4 is 18.0 Å². The Balaban J connectivity index is 2.10. The lowest BCUT2D eigenvalue weighted by atomic mass is 9.94. The lowest BCUT2D eigenvalue weighted by Gasteiger charge is -2.37. The number of aromatic nitrogens is 2. The van der Waals surface area contributed by atoms with Gasteiger partial charge in [0.2, 0.25) is 5.95 Å². The number of ether oxygens (including phenoxy) is 1. The van der Waals surface area contributed by atoms with Gasteiger partial charge in [-0.3, -0.25) is 4.79 Å². The maximum atomic E-state index is 12.6. The average Bonchev–Trinajstić information content (AvgIpc) is 2.52. The van der Waals surface area contributed by atoms with E-state index in [0.29, 0.717) is 12.4 Å². The van der Waals surface area contributed by atoms with Gasteiger partial charge in [-0.15, -0.1) is 0 Å². The SMILES string of the molecule is CC(C)(C)OC(=O)N1C[C@@H](Nc2ncc(C(F)(F)F)cn2)C[C@@H](C(=O)O)C1. The molecule has 0 radical (unpaired) electrons. The maximum Gasteiger partial charge on any atom is 0.419 e. The van der Waals surface area contributed by atoms with E-state index in [2.05, 4.69) is 15.3 Å². The molecule has 0 aromatic carbocycles. The second-order valence-corrected chi connectivity index (χ2v) is 7.29. The third-order valence-corrected chi connectivity index (χ3v) is 3.76. The number of piperidine rings is 1. The fourth-order valence-electron chi connectivity index (χ4n) is 2.59. The molecule has 27 heavy (non-hydrogen) atoms. The molecule has 1 aromatic rings. The highest BCUT2D eigenvalue weighted by Gasteiger charge is 2.36. The lowest BCUT2D eigenvalue weighted by molar-refractivity contribution is -0.143. The van der Waals surface area contributed by atoms with E-state index in [-0.39, 0.29) is 25.5 Å². The second-order valence-electron chi connectivity index (χ2n) is 7.29. The first-order valence-electron chi connectivity index (χ1n) is 8.21. The Morgan fingerprint density at radius 3 is 2.30 bits per heavy atom. The Labute approximate surface area is 153 Å². The van der Waals surface area contributed by atoms with Gasteiger partial charge in [0.1, 0.15) is 5.60 Å². The van der Waals surface area contributed by atoms with Crippen molar-refractivity contribution < 1.29 is 32.6 Å². The summed E-state index contributed by atoms with van der Waals surface area (Å²) in [5.74, 6) is -2.01. The van der Waals surface area contributed by atoms with Crippen LogP contribution in [0.2, 0.25) is 0 Å². The van der Waals surface area contributed by atoms with Crippen LogP contribution >= 0.6 is 0 Å². The molecular formula is C16H21F3N4O4. The van der Waals surface area contributed by atoms with Crippen LogP contribution in [-0.2, 0) is 15.7 Å². The van der Waals surface area contributed by atoms with Gasteiger partial charge in [-0.05, 0) is 27.2 Å². The number of rotatable bonds is 3. The van der Waals surface area contributed by atoms with E-state index in [0.717, 1.165) is 0 Å². The lowest BCUT2D eigenvalue weighted by Crippen LogP contribution is -2.51. The second kappa shape index (κ2) is 7.57. The summed E-state index contributed by atoms with van der Waals surface area (Å²) in [5, 5.41) is 12.1. The van der Waals surface area contributed by atoms with E-state index < -0.39 is 41.4 Å². The van der Waals surface area contributed by atoms with Crippen LogP contribution in [0.4, 0.5) is 23.9 Å². The van der Waals surface area contributed by atoms with Crippen molar-refractivity contribution in [1.29, 1.82) is 0 Å². The van der Waals surface area contributed by atoms with Gasteiger partial charge in [-0.2, -0.15) is 13.2 Å². The number of likely N-dealkylation sites (tertiary alicyclic amines) is 1. The largest absolute Gasteiger partial charge is 0.481 e. The van der Waals surface area contributed by atoms with Crippen molar-refractivity contribution in [1.82, 2.24) is 14.9 Å². The molecule has 2 rings (SSSR count). The molecule has 1 amide bonds. The van der Waals surface area contributed by atoms with E-state index in [4.69, 9.17) is 4.74 Å². The molecule has 0 bridgehead atoms. The first kappa shape index (κ1) is 20.7. The third kappa shape index (κ3) is 5.97. The Bertz CT molecular complexity index is 688. The Kier molecular flexibility index (Phi) is 5.81. The number of carboxylic acid groups (broad SMARTS) is 1. The summed E-state index contributed by atoms with van der Waals surface area (Å²) in [6, 6.07) is -0.552. The topological polar surface area (TPSA) is 105 Å². The number of carbonyl (C=O) groups excluding carboxylic acids is 1. The van der Waals surface area contributed by atoms with E-state index in [9.17, 15) is 27.9 Å². The number of carboxylic acids is 1. The Morgan fingerprint density at radius 2 is 1.81 bits per heavy atom. The Morgan fingerprint density at radius 1 is 1.22 bits per heavy atom. The fraction of sp³-hybridized carbons (Fsp3) is 0.625. The summed E-state index contributed by atoms with van der Waals surface area (Å²) in [4.78, 5) is 32.1. The van der Waals surface area contributed by atoms with Crippen LogP contribution in [0.1, 0.15) is 32.8 Å². The van der Waals surface area contributed by atoms with Crippen LogP contribution in [0, 0.1) is 5.92 Å². The molecule has 0 saturated carbocycles. The first-order chi connectivity index (χ1) is 12.3. The minimum absolute atomic E-state index is 0.0176. The fourth-order valence-corrected chi connectivity index (χ4v) is 2.59. The molecule has 2 N–H and O–H groups in total. The number of amides is 1. The monoisotopic (exact) mass is 390 g/mol. The first-order valence-corrected chi connectivity index (χ1v) is 8.21. The van der Waals surface area contributed by atoms with Crippen LogP contribution in [0.15, 0.2) is 12.4 Å². The van der Waals surface area contributed by atoms with Gasteiger partial charge >= 0.3 is 18.2 Å². The zero-order valence-corrected chi connectivity index (χ0v) is 15.1. The number of halogens is 3. The number of alkyl halides is 3. The van der Waals surface area contributed by atoms with E-state index in [1.807, 2.05) is 0 Å². The molecular weight excluding hydrogens is 369 g/mol. The highest BCUT2D eigenvalue weighted by Crippen LogP contribution is 2.28. The van der Waals surface area contributed by atoms with Crippen LogP contribution in [-0.4, -0.2) is 56.8 Å². The summed E-state index contributed by atoms with van der Waals surface area (Å²) < 4.78 is 43.0. The smallest absolute Gasteiger partial charge is 0.419 e. The number of hydrogen-bond donors (Lipinski definition) is 2. The van der Waals surface area contributed by atoms with Crippen molar-refractivity contribution in [3.63, 3.8) is 0 Å². The molecule has 2 heterocycles. The normalized spacial score (nSPS) is 20.9. The van der Waals surface area contributed by atoms with Crippen molar-refractivity contribution in [2.24, 2.45) is 5.92 Å². The summed E-state index contributed by atoms with van der Waals surface area (Å²) in [6.07, 6.45) is -3.77. The van der Waals surface area contributed by atoms with E-state index >= 15 is 0 Å². The molecule has 0 aliphatic carbocycles. The Hall–Kier alpha value is -2.59.